The fourth-order valence-corrected chi connectivity index (χ4v) is 3.73. The standard InChI is InChI=1S/C21H14ClN3O3S/c22-13-8-9-15-17(11-13)24-18(25-19(15)26)12-28-21(27)16-7-4-10-23-20(16)29-14-5-2-1-3-6-14/h1-11H,12H2,(H,24,25,26). The van der Waals surface area contributed by atoms with E-state index in [9.17, 15) is 9.59 Å². The molecule has 8 heteroatoms. The Morgan fingerprint density at radius 1 is 1.10 bits per heavy atom. The highest BCUT2D eigenvalue weighted by Gasteiger charge is 2.16. The Morgan fingerprint density at radius 3 is 2.76 bits per heavy atom. The predicted molar refractivity (Wildman–Crippen MR) is 111 cm³/mol. The molecule has 4 aromatic rings. The number of esters is 1. The van der Waals surface area contributed by atoms with Crippen LogP contribution in [0.4, 0.5) is 0 Å². The minimum Gasteiger partial charge on any atom is -0.454 e. The molecule has 2 heterocycles. The number of rotatable bonds is 5. The van der Waals surface area contributed by atoms with Crippen molar-refractivity contribution >= 4 is 40.2 Å². The maximum Gasteiger partial charge on any atom is 0.341 e. The largest absolute Gasteiger partial charge is 0.454 e. The lowest BCUT2D eigenvalue weighted by Crippen LogP contribution is -2.15. The number of halogens is 1. The molecule has 6 nitrogen and oxygen atoms in total. The number of fused-ring (bicyclic) bond motifs is 1. The van der Waals surface area contributed by atoms with Gasteiger partial charge in [0.1, 0.15) is 17.5 Å². The SMILES string of the molecule is O=C(OCc1nc2cc(Cl)ccc2c(=O)[nH]1)c1cccnc1Sc1ccccc1. The Labute approximate surface area is 174 Å². The summed E-state index contributed by atoms with van der Waals surface area (Å²) in [4.78, 5) is 37.0. The maximum absolute atomic E-state index is 12.6. The van der Waals surface area contributed by atoms with Gasteiger partial charge in [0.2, 0.25) is 0 Å². The maximum atomic E-state index is 12.6. The van der Waals surface area contributed by atoms with E-state index in [1.807, 2.05) is 30.3 Å². The van der Waals surface area contributed by atoms with Gasteiger partial charge in [0.05, 0.1) is 16.5 Å². The molecule has 0 unspecified atom stereocenters. The summed E-state index contributed by atoms with van der Waals surface area (Å²) in [5, 5.41) is 1.42. The van der Waals surface area contributed by atoms with Gasteiger partial charge in [0.15, 0.2) is 0 Å². The summed E-state index contributed by atoms with van der Waals surface area (Å²) in [5.41, 5.74) is 0.459. The number of ether oxygens (including phenoxy) is 1. The van der Waals surface area contributed by atoms with Crippen molar-refractivity contribution in [3.63, 3.8) is 0 Å². The van der Waals surface area contributed by atoms with Crippen molar-refractivity contribution < 1.29 is 9.53 Å². The second kappa shape index (κ2) is 8.46. The molecule has 0 spiro atoms. The fourth-order valence-electron chi connectivity index (χ4n) is 2.67. The van der Waals surface area contributed by atoms with Crippen LogP contribution in [0.2, 0.25) is 5.02 Å². The topological polar surface area (TPSA) is 84.9 Å². The van der Waals surface area contributed by atoms with Gasteiger partial charge in [-0.1, -0.05) is 41.6 Å². The number of aromatic amines is 1. The minimum absolute atomic E-state index is 0.180. The zero-order chi connectivity index (χ0) is 20.2. The van der Waals surface area contributed by atoms with Crippen LogP contribution in [-0.4, -0.2) is 20.9 Å². The van der Waals surface area contributed by atoms with Crippen molar-refractivity contribution in [2.24, 2.45) is 0 Å². The van der Waals surface area contributed by atoms with Crippen LogP contribution in [-0.2, 0) is 11.3 Å². The number of hydrogen-bond acceptors (Lipinski definition) is 6. The summed E-state index contributed by atoms with van der Waals surface area (Å²) in [6.07, 6.45) is 1.62. The first-order valence-electron chi connectivity index (χ1n) is 8.63. The second-order valence-electron chi connectivity index (χ2n) is 6.02. The summed E-state index contributed by atoms with van der Waals surface area (Å²) in [6.45, 7) is -0.180. The lowest BCUT2D eigenvalue weighted by atomic mass is 10.2. The Bertz CT molecular complexity index is 1240. The van der Waals surface area contributed by atoms with Crippen molar-refractivity contribution in [1.29, 1.82) is 0 Å². The van der Waals surface area contributed by atoms with Gasteiger partial charge in [-0.3, -0.25) is 4.79 Å². The quantitative estimate of drug-likeness (QED) is 0.476. The summed E-state index contributed by atoms with van der Waals surface area (Å²) in [6, 6.07) is 17.7. The van der Waals surface area contributed by atoms with Gasteiger partial charge in [-0.15, -0.1) is 0 Å². The first-order valence-corrected chi connectivity index (χ1v) is 9.83. The Morgan fingerprint density at radius 2 is 1.93 bits per heavy atom. The molecule has 0 saturated carbocycles. The summed E-state index contributed by atoms with van der Waals surface area (Å²) >= 11 is 7.34. The predicted octanol–water partition coefficient (Wildman–Crippen LogP) is 4.48. The van der Waals surface area contributed by atoms with E-state index in [1.54, 1.807) is 36.5 Å². The second-order valence-corrected chi connectivity index (χ2v) is 7.52. The third-order valence-electron chi connectivity index (χ3n) is 4.01. The molecule has 0 atom stereocenters. The molecule has 2 aromatic heterocycles. The lowest BCUT2D eigenvalue weighted by Gasteiger charge is -2.09. The molecule has 0 saturated heterocycles. The van der Waals surface area contributed by atoms with Crippen LogP contribution in [0.5, 0.6) is 0 Å². The van der Waals surface area contributed by atoms with Crippen LogP contribution in [0, 0.1) is 0 Å². The van der Waals surface area contributed by atoms with Crippen molar-refractivity contribution in [2.75, 3.05) is 0 Å². The number of aromatic nitrogens is 3. The lowest BCUT2D eigenvalue weighted by molar-refractivity contribution is 0.0457. The van der Waals surface area contributed by atoms with Gasteiger partial charge in [0, 0.05) is 16.1 Å². The van der Waals surface area contributed by atoms with E-state index < -0.39 is 5.97 Å². The van der Waals surface area contributed by atoms with Crippen LogP contribution in [0.3, 0.4) is 0 Å². The minimum atomic E-state index is -0.551. The van der Waals surface area contributed by atoms with Gasteiger partial charge in [-0.2, -0.15) is 0 Å². The monoisotopic (exact) mass is 423 g/mol. The van der Waals surface area contributed by atoms with E-state index >= 15 is 0 Å². The van der Waals surface area contributed by atoms with E-state index in [4.69, 9.17) is 16.3 Å². The van der Waals surface area contributed by atoms with Gasteiger partial charge >= 0.3 is 5.97 Å². The van der Waals surface area contributed by atoms with E-state index in [0.717, 1.165) is 4.90 Å². The molecule has 0 aliphatic heterocycles. The number of nitrogens with one attached hydrogen (secondary N) is 1. The summed E-state index contributed by atoms with van der Waals surface area (Å²) < 4.78 is 5.37. The van der Waals surface area contributed by atoms with Gasteiger partial charge in [-0.25, -0.2) is 14.8 Å². The normalized spacial score (nSPS) is 10.8. The first kappa shape index (κ1) is 19.2. The first-order chi connectivity index (χ1) is 14.1. The molecule has 29 heavy (non-hydrogen) atoms. The average molecular weight is 424 g/mol. The zero-order valence-corrected chi connectivity index (χ0v) is 16.5. The highest BCUT2D eigenvalue weighted by Crippen LogP contribution is 2.28. The summed E-state index contributed by atoms with van der Waals surface area (Å²) in [5.74, 6) is -0.315. The molecule has 2 aromatic carbocycles. The van der Waals surface area contributed by atoms with Crippen LogP contribution >= 0.6 is 23.4 Å². The van der Waals surface area contributed by atoms with Crippen LogP contribution in [0.25, 0.3) is 10.9 Å². The molecule has 0 aliphatic rings. The smallest absolute Gasteiger partial charge is 0.341 e. The number of benzene rings is 2. The third kappa shape index (κ3) is 4.47. The molecule has 0 amide bonds. The molecule has 1 N–H and O–H groups in total. The molecule has 0 aliphatic carbocycles. The number of pyridine rings is 1. The van der Waals surface area contributed by atoms with E-state index in [1.165, 1.54) is 11.8 Å². The number of carbonyl (C=O) groups is 1. The van der Waals surface area contributed by atoms with E-state index in [-0.39, 0.29) is 18.0 Å². The molecule has 0 fully saturated rings. The number of H-pyrrole nitrogens is 1. The van der Waals surface area contributed by atoms with Crippen LogP contribution < -0.4 is 5.56 Å². The molecule has 4 rings (SSSR count). The van der Waals surface area contributed by atoms with Crippen molar-refractivity contribution in [3.05, 3.63) is 93.6 Å². The van der Waals surface area contributed by atoms with Crippen LogP contribution in [0.15, 0.2) is 81.6 Å². The molecule has 0 bridgehead atoms. The highest BCUT2D eigenvalue weighted by molar-refractivity contribution is 7.99. The number of hydrogen-bond donors (Lipinski definition) is 1. The van der Waals surface area contributed by atoms with Gasteiger partial charge in [0.25, 0.3) is 5.56 Å². The van der Waals surface area contributed by atoms with Crippen molar-refractivity contribution in [3.8, 4) is 0 Å². The fraction of sp³-hybridized carbons (Fsp3) is 0.0476. The van der Waals surface area contributed by atoms with Crippen molar-refractivity contribution in [1.82, 2.24) is 15.0 Å². The Kier molecular flexibility index (Phi) is 5.59. The molecular formula is C21H14ClN3O3S. The summed E-state index contributed by atoms with van der Waals surface area (Å²) in [7, 11) is 0. The van der Waals surface area contributed by atoms with Crippen LogP contribution in [0.1, 0.15) is 16.2 Å². The number of carbonyl (C=O) groups excluding carboxylic acids is 1. The zero-order valence-electron chi connectivity index (χ0n) is 15.0. The Hall–Kier alpha value is -3.16. The molecule has 0 radical (unpaired) electrons. The van der Waals surface area contributed by atoms with Gasteiger partial charge in [-0.05, 0) is 42.5 Å². The molecule has 144 valence electrons. The van der Waals surface area contributed by atoms with E-state index in [2.05, 4.69) is 15.0 Å². The third-order valence-corrected chi connectivity index (χ3v) is 5.27. The highest BCUT2D eigenvalue weighted by atomic mass is 35.5. The van der Waals surface area contributed by atoms with Gasteiger partial charge < -0.3 is 9.72 Å². The Balaban J connectivity index is 1.53. The van der Waals surface area contributed by atoms with Crippen molar-refractivity contribution in [2.45, 2.75) is 16.5 Å². The number of nitrogens with zero attached hydrogens (tertiary/aromatic N) is 2. The van der Waals surface area contributed by atoms with E-state index in [0.29, 0.717) is 26.5 Å². The molecular weight excluding hydrogens is 410 g/mol. The average Bonchev–Trinajstić information content (AvgIpc) is 2.73.